The van der Waals surface area contributed by atoms with E-state index in [1.54, 1.807) is 11.3 Å². The number of aromatic nitrogens is 2. The Hall–Kier alpha value is -0.150. The van der Waals surface area contributed by atoms with Gasteiger partial charge in [-0.1, -0.05) is 39.0 Å². The summed E-state index contributed by atoms with van der Waals surface area (Å²) >= 11 is 7.38. The highest BCUT2D eigenvalue weighted by Crippen LogP contribution is 2.14. The van der Waals surface area contributed by atoms with Gasteiger partial charge in [-0.2, -0.15) is 0 Å². The predicted molar refractivity (Wildman–Crippen MR) is 71.4 cm³/mol. The van der Waals surface area contributed by atoms with E-state index < -0.39 is 0 Å². The van der Waals surface area contributed by atoms with Gasteiger partial charge in [0, 0.05) is 18.7 Å². The highest BCUT2D eigenvalue weighted by atomic mass is 35.5. The van der Waals surface area contributed by atoms with Gasteiger partial charge < -0.3 is 0 Å². The zero-order chi connectivity index (χ0) is 11.6. The van der Waals surface area contributed by atoms with Gasteiger partial charge in [0.1, 0.15) is 10.0 Å². The number of rotatable bonds is 9. The largest absolute Gasteiger partial charge is 0.144 e. The van der Waals surface area contributed by atoms with Crippen molar-refractivity contribution in [3.05, 3.63) is 10.0 Å². The molecular formula is C12H21ClN2S. The number of unbranched alkanes of at least 4 members (excludes halogenated alkanes) is 5. The quantitative estimate of drug-likeness (QED) is 0.491. The predicted octanol–water partition coefficient (Wildman–Crippen LogP) is 4.22. The Morgan fingerprint density at radius 3 is 2.25 bits per heavy atom. The summed E-state index contributed by atoms with van der Waals surface area (Å²) in [6, 6.07) is 0. The number of hydrogen-bond acceptors (Lipinski definition) is 3. The molecule has 1 aromatic heterocycles. The van der Waals surface area contributed by atoms with Crippen LogP contribution in [0.2, 0.25) is 0 Å². The summed E-state index contributed by atoms with van der Waals surface area (Å²) in [4.78, 5) is 0. The lowest BCUT2D eigenvalue weighted by molar-refractivity contribution is 0.606. The van der Waals surface area contributed by atoms with Crippen molar-refractivity contribution in [3.63, 3.8) is 0 Å². The first kappa shape index (κ1) is 13.9. The topological polar surface area (TPSA) is 25.8 Å². The fraction of sp³-hybridized carbons (Fsp3) is 0.833. The van der Waals surface area contributed by atoms with E-state index in [0.29, 0.717) is 5.88 Å². The SMILES string of the molecule is CCCCCCCCc1nnc(CCCl)s1. The minimum atomic E-state index is 0.644. The molecule has 0 saturated heterocycles. The van der Waals surface area contributed by atoms with Gasteiger partial charge in [-0.3, -0.25) is 0 Å². The maximum Gasteiger partial charge on any atom is 0.118 e. The van der Waals surface area contributed by atoms with E-state index in [2.05, 4.69) is 17.1 Å². The van der Waals surface area contributed by atoms with Crippen molar-refractivity contribution >= 4 is 22.9 Å². The average molecular weight is 261 g/mol. The second-order valence-corrected chi connectivity index (χ2v) is 5.57. The van der Waals surface area contributed by atoms with Gasteiger partial charge >= 0.3 is 0 Å². The molecule has 0 fully saturated rings. The maximum atomic E-state index is 5.66. The Kier molecular flexibility index (Phi) is 7.77. The molecule has 0 spiro atoms. The van der Waals surface area contributed by atoms with Crippen LogP contribution in [0.1, 0.15) is 55.5 Å². The van der Waals surface area contributed by atoms with Gasteiger partial charge in [0.2, 0.25) is 0 Å². The van der Waals surface area contributed by atoms with E-state index in [4.69, 9.17) is 11.6 Å². The summed E-state index contributed by atoms with van der Waals surface area (Å²) in [5, 5.41) is 10.6. The van der Waals surface area contributed by atoms with Crippen LogP contribution < -0.4 is 0 Å². The smallest absolute Gasteiger partial charge is 0.118 e. The lowest BCUT2D eigenvalue weighted by Gasteiger charge is -1.97. The molecule has 16 heavy (non-hydrogen) atoms. The first-order valence-electron chi connectivity index (χ1n) is 6.24. The molecule has 1 rings (SSSR count). The summed E-state index contributed by atoms with van der Waals surface area (Å²) in [6.07, 6.45) is 9.95. The first-order chi connectivity index (χ1) is 7.86. The van der Waals surface area contributed by atoms with Gasteiger partial charge in [-0.15, -0.1) is 33.1 Å². The lowest BCUT2D eigenvalue weighted by atomic mass is 10.1. The van der Waals surface area contributed by atoms with E-state index in [9.17, 15) is 0 Å². The van der Waals surface area contributed by atoms with Crippen molar-refractivity contribution < 1.29 is 0 Å². The Bertz CT molecular complexity index is 276. The normalized spacial score (nSPS) is 10.9. The third-order valence-corrected chi connectivity index (χ3v) is 3.79. The summed E-state index contributed by atoms with van der Waals surface area (Å²) in [7, 11) is 0. The molecule has 0 radical (unpaired) electrons. The Balaban J connectivity index is 2.07. The van der Waals surface area contributed by atoms with Crippen molar-refractivity contribution in [2.75, 3.05) is 5.88 Å². The minimum Gasteiger partial charge on any atom is -0.144 e. The second kappa shape index (κ2) is 8.94. The number of alkyl halides is 1. The van der Waals surface area contributed by atoms with Crippen molar-refractivity contribution in [2.45, 2.75) is 58.3 Å². The van der Waals surface area contributed by atoms with Crippen LogP contribution in [0.4, 0.5) is 0 Å². The number of hydrogen-bond donors (Lipinski definition) is 0. The van der Waals surface area contributed by atoms with E-state index in [0.717, 1.165) is 17.8 Å². The third kappa shape index (κ3) is 5.80. The standard InChI is InChI=1S/C12H21ClN2S/c1-2-3-4-5-6-7-8-11-14-15-12(16-11)9-10-13/h2-10H2,1H3. The molecule has 0 aliphatic rings. The molecule has 0 bridgehead atoms. The van der Waals surface area contributed by atoms with Crippen LogP contribution in [0.25, 0.3) is 0 Å². The van der Waals surface area contributed by atoms with Crippen LogP contribution in [0.15, 0.2) is 0 Å². The second-order valence-electron chi connectivity index (χ2n) is 4.05. The molecule has 0 saturated carbocycles. The molecule has 1 aromatic rings. The monoisotopic (exact) mass is 260 g/mol. The van der Waals surface area contributed by atoms with Gasteiger partial charge in [0.05, 0.1) is 0 Å². The molecule has 0 atom stereocenters. The summed E-state index contributed by atoms with van der Waals surface area (Å²) in [5.41, 5.74) is 0. The zero-order valence-electron chi connectivity index (χ0n) is 10.0. The van der Waals surface area contributed by atoms with Gasteiger partial charge in [0.15, 0.2) is 0 Å². The Labute approximate surface area is 107 Å². The van der Waals surface area contributed by atoms with E-state index in [1.165, 1.54) is 43.5 Å². The van der Waals surface area contributed by atoms with Gasteiger partial charge in [0.25, 0.3) is 0 Å². The molecule has 0 unspecified atom stereocenters. The van der Waals surface area contributed by atoms with E-state index >= 15 is 0 Å². The highest BCUT2D eigenvalue weighted by molar-refractivity contribution is 7.11. The van der Waals surface area contributed by atoms with Crippen LogP contribution >= 0.6 is 22.9 Å². The molecule has 0 amide bonds. The molecule has 0 aliphatic carbocycles. The molecule has 0 aliphatic heterocycles. The summed E-state index contributed by atoms with van der Waals surface area (Å²) < 4.78 is 0. The third-order valence-electron chi connectivity index (χ3n) is 2.56. The van der Waals surface area contributed by atoms with E-state index in [-0.39, 0.29) is 0 Å². The molecule has 0 aromatic carbocycles. The average Bonchev–Trinajstić information content (AvgIpc) is 2.72. The highest BCUT2D eigenvalue weighted by Gasteiger charge is 2.03. The fourth-order valence-electron chi connectivity index (χ4n) is 1.63. The van der Waals surface area contributed by atoms with Crippen molar-refractivity contribution in [3.8, 4) is 0 Å². The van der Waals surface area contributed by atoms with Crippen LogP contribution in [-0.2, 0) is 12.8 Å². The molecule has 4 heteroatoms. The van der Waals surface area contributed by atoms with Crippen molar-refractivity contribution in [2.24, 2.45) is 0 Å². The maximum absolute atomic E-state index is 5.66. The molecule has 0 N–H and O–H groups in total. The summed E-state index contributed by atoms with van der Waals surface area (Å²) in [6.45, 7) is 2.25. The van der Waals surface area contributed by atoms with Crippen LogP contribution in [0.5, 0.6) is 0 Å². The Morgan fingerprint density at radius 1 is 0.938 bits per heavy atom. The first-order valence-corrected chi connectivity index (χ1v) is 7.59. The summed E-state index contributed by atoms with van der Waals surface area (Å²) in [5.74, 6) is 0.644. The van der Waals surface area contributed by atoms with Gasteiger partial charge in [-0.25, -0.2) is 0 Å². The molecular weight excluding hydrogens is 240 g/mol. The number of aryl methyl sites for hydroxylation is 2. The zero-order valence-corrected chi connectivity index (χ0v) is 11.6. The molecule has 92 valence electrons. The fourth-order valence-corrected chi connectivity index (χ4v) is 2.80. The van der Waals surface area contributed by atoms with E-state index in [1.807, 2.05) is 0 Å². The van der Waals surface area contributed by atoms with Crippen molar-refractivity contribution in [1.29, 1.82) is 0 Å². The number of nitrogens with zero attached hydrogens (tertiary/aromatic N) is 2. The van der Waals surface area contributed by atoms with Crippen LogP contribution in [0, 0.1) is 0 Å². The lowest BCUT2D eigenvalue weighted by Crippen LogP contribution is -1.85. The van der Waals surface area contributed by atoms with Crippen LogP contribution in [0.3, 0.4) is 0 Å². The van der Waals surface area contributed by atoms with Gasteiger partial charge in [-0.05, 0) is 6.42 Å². The molecule has 2 nitrogen and oxygen atoms in total. The Morgan fingerprint density at radius 2 is 1.56 bits per heavy atom. The molecule has 1 heterocycles. The minimum absolute atomic E-state index is 0.644. The van der Waals surface area contributed by atoms with Crippen LogP contribution in [-0.4, -0.2) is 16.1 Å². The number of halogens is 1. The van der Waals surface area contributed by atoms with Crippen molar-refractivity contribution in [1.82, 2.24) is 10.2 Å².